The fraction of sp³-hybridized carbons (Fsp3) is 0.500. The Kier molecular flexibility index (Phi) is 4.76. The van der Waals surface area contributed by atoms with E-state index in [0.717, 1.165) is 12.8 Å². The van der Waals surface area contributed by atoms with E-state index in [9.17, 15) is 4.79 Å². The maximum atomic E-state index is 10.8. The largest absolute Gasteiger partial charge is 0.493 e. The number of ether oxygens (including phenoxy) is 1. The number of rotatable bonds is 6. The van der Waals surface area contributed by atoms with E-state index in [1.165, 1.54) is 12.4 Å². The Balaban J connectivity index is 2.50. The first-order valence-electron chi connectivity index (χ1n) is 5.41. The standard InChI is InChI=1S/C12H17NO3/c1-9(2)4-3-7-16-11-5-6-13-8-10(11)12(14)15/h5-6,8-9H,3-4,7H2,1-2H3,(H,14,15). The van der Waals surface area contributed by atoms with Crippen LogP contribution >= 0.6 is 0 Å². The van der Waals surface area contributed by atoms with Gasteiger partial charge in [-0.1, -0.05) is 13.8 Å². The van der Waals surface area contributed by atoms with Crippen molar-refractivity contribution in [3.05, 3.63) is 24.0 Å². The molecule has 0 aromatic carbocycles. The number of carboxylic acids is 1. The second-order valence-electron chi connectivity index (χ2n) is 4.06. The van der Waals surface area contributed by atoms with E-state index in [-0.39, 0.29) is 5.56 Å². The van der Waals surface area contributed by atoms with Gasteiger partial charge < -0.3 is 9.84 Å². The van der Waals surface area contributed by atoms with Crippen molar-refractivity contribution in [1.29, 1.82) is 0 Å². The van der Waals surface area contributed by atoms with Gasteiger partial charge in [0.2, 0.25) is 0 Å². The van der Waals surface area contributed by atoms with E-state index in [2.05, 4.69) is 18.8 Å². The molecule has 1 heterocycles. The summed E-state index contributed by atoms with van der Waals surface area (Å²) < 4.78 is 5.43. The van der Waals surface area contributed by atoms with Gasteiger partial charge in [-0.15, -0.1) is 0 Å². The Morgan fingerprint density at radius 1 is 1.56 bits per heavy atom. The Hall–Kier alpha value is -1.58. The topological polar surface area (TPSA) is 59.4 Å². The minimum Gasteiger partial charge on any atom is -0.493 e. The van der Waals surface area contributed by atoms with Gasteiger partial charge in [0, 0.05) is 12.4 Å². The van der Waals surface area contributed by atoms with Crippen LogP contribution in [0.5, 0.6) is 5.75 Å². The lowest BCUT2D eigenvalue weighted by Crippen LogP contribution is -2.05. The molecule has 0 saturated carbocycles. The molecular weight excluding hydrogens is 206 g/mol. The summed E-state index contributed by atoms with van der Waals surface area (Å²) in [6.45, 7) is 4.84. The van der Waals surface area contributed by atoms with E-state index < -0.39 is 5.97 Å². The average molecular weight is 223 g/mol. The van der Waals surface area contributed by atoms with E-state index in [4.69, 9.17) is 9.84 Å². The van der Waals surface area contributed by atoms with Crippen LogP contribution in [0, 0.1) is 5.92 Å². The van der Waals surface area contributed by atoms with Crippen molar-refractivity contribution in [3.63, 3.8) is 0 Å². The van der Waals surface area contributed by atoms with Crippen molar-refractivity contribution in [2.24, 2.45) is 5.92 Å². The second kappa shape index (κ2) is 6.10. The number of pyridine rings is 1. The molecule has 0 atom stereocenters. The molecule has 88 valence electrons. The molecule has 1 N–H and O–H groups in total. The molecule has 4 nitrogen and oxygen atoms in total. The summed E-state index contributed by atoms with van der Waals surface area (Å²) in [5.41, 5.74) is 0.118. The Bertz CT molecular complexity index is 350. The summed E-state index contributed by atoms with van der Waals surface area (Å²) in [7, 11) is 0. The molecule has 0 spiro atoms. The zero-order valence-electron chi connectivity index (χ0n) is 9.64. The molecule has 0 aliphatic heterocycles. The molecular formula is C12H17NO3. The maximum absolute atomic E-state index is 10.8. The second-order valence-corrected chi connectivity index (χ2v) is 4.06. The zero-order valence-corrected chi connectivity index (χ0v) is 9.64. The molecule has 1 rings (SSSR count). The normalized spacial score (nSPS) is 10.4. The van der Waals surface area contributed by atoms with Gasteiger partial charge in [-0.25, -0.2) is 4.79 Å². The van der Waals surface area contributed by atoms with Gasteiger partial charge in [-0.2, -0.15) is 0 Å². The number of carboxylic acid groups (broad SMARTS) is 1. The van der Waals surface area contributed by atoms with Crippen LogP contribution in [0.15, 0.2) is 18.5 Å². The van der Waals surface area contributed by atoms with Crippen molar-refractivity contribution >= 4 is 5.97 Å². The van der Waals surface area contributed by atoms with Gasteiger partial charge in [0.15, 0.2) is 0 Å². The lowest BCUT2D eigenvalue weighted by molar-refractivity contribution is 0.0691. The first kappa shape index (κ1) is 12.5. The van der Waals surface area contributed by atoms with Crippen LogP contribution in [0.3, 0.4) is 0 Å². The van der Waals surface area contributed by atoms with E-state index in [1.807, 2.05) is 0 Å². The van der Waals surface area contributed by atoms with Gasteiger partial charge in [-0.3, -0.25) is 4.98 Å². The molecule has 0 radical (unpaired) electrons. The van der Waals surface area contributed by atoms with Crippen molar-refractivity contribution < 1.29 is 14.6 Å². The highest BCUT2D eigenvalue weighted by atomic mass is 16.5. The summed E-state index contributed by atoms with van der Waals surface area (Å²) >= 11 is 0. The first-order chi connectivity index (χ1) is 7.61. The van der Waals surface area contributed by atoms with Crippen molar-refractivity contribution in [2.75, 3.05) is 6.61 Å². The third-order valence-corrected chi connectivity index (χ3v) is 2.19. The van der Waals surface area contributed by atoms with Gasteiger partial charge in [0.1, 0.15) is 11.3 Å². The highest BCUT2D eigenvalue weighted by Crippen LogP contribution is 2.17. The zero-order chi connectivity index (χ0) is 12.0. The Morgan fingerprint density at radius 3 is 2.94 bits per heavy atom. The predicted octanol–water partition coefficient (Wildman–Crippen LogP) is 2.59. The van der Waals surface area contributed by atoms with E-state index >= 15 is 0 Å². The third-order valence-electron chi connectivity index (χ3n) is 2.19. The van der Waals surface area contributed by atoms with Crippen LogP contribution in [0.2, 0.25) is 0 Å². The summed E-state index contributed by atoms with van der Waals surface area (Å²) in [6.07, 6.45) is 4.84. The lowest BCUT2D eigenvalue weighted by Gasteiger charge is -2.09. The molecule has 1 aromatic heterocycles. The Labute approximate surface area is 95.3 Å². The molecule has 0 unspecified atom stereocenters. The smallest absolute Gasteiger partial charge is 0.341 e. The number of nitrogens with zero attached hydrogens (tertiary/aromatic N) is 1. The fourth-order valence-corrected chi connectivity index (χ4v) is 1.34. The molecule has 0 bridgehead atoms. The number of aromatic nitrogens is 1. The van der Waals surface area contributed by atoms with Crippen LogP contribution in [0.4, 0.5) is 0 Å². The quantitative estimate of drug-likeness (QED) is 0.753. The van der Waals surface area contributed by atoms with Crippen LogP contribution in [0.25, 0.3) is 0 Å². The third kappa shape index (κ3) is 3.88. The molecule has 1 aromatic rings. The van der Waals surface area contributed by atoms with E-state index in [1.54, 1.807) is 6.07 Å². The van der Waals surface area contributed by atoms with Gasteiger partial charge >= 0.3 is 5.97 Å². The van der Waals surface area contributed by atoms with Crippen LogP contribution < -0.4 is 4.74 Å². The van der Waals surface area contributed by atoms with Crippen molar-refractivity contribution in [2.45, 2.75) is 26.7 Å². The molecule has 0 saturated heterocycles. The highest BCUT2D eigenvalue weighted by molar-refractivity contribution is 5.90. The number of aromatic carboxylic acids is 1. The molecule has 0 aliphatic carbocycles. The number of hydrogen-bond acceptors (Lipinski definition) is 3. The van der Waals surface area contributed by atoms with Crippen LogP contribution in [-0.4, -0.2) is 22.7 Å². The lowest BCUT2D eigenvalue weighted by atomic mass is 10.1. The SMILES string of the molecule is CC(C)CCCOc1ccncc1C(=O)O. The molecule has 0 aliphatic rings. The highest BCUT2D eigenvalue weighted by Gasteiger charge is 2.10. The average Bonchev–Trinajstić information content (AvgIpc) is 2.24. The van der Waals surface area contributed by atoms with Crippen molar-refractivity contribution in [1.82, 2.24) is 4.98 Å². The molecule has 0 fully saturated rings. The van der Waals surface area contributed by atoms with Gasteiger partial charge in [0.25, 0.3) is 0 Å². The summed E-state index contributed by atoms with van der Waals surface area (Å²) in [5, 5.41) is 8.89. The van der Waals surface area contributed by atoms with Crippen LogP contribution in [-0.2, 0) is 0 Å². The predicted molar refractivity (Wildman–Crippen MR) is 60.8 cm³/mol. The van der Waals surface area contributed by atoms with Crippen molar-refractivity contribution in [3.8, 4) is 5.75 Å². The molecule has 4 heteroatoms. The Morgan fingerprint density at radius 2 is 2.31 bits per heavy atom. The number of carbonyl (C=O) groups is 1. The molecule has 16 heavy (non-hydrogen) atoms. The fourth-order valence-electron chi connectivity index (χ4n) is 1.34. The first-order valence-corrected chi connectivity index (χ1v) is 5.41. The monoisotopic (exact) mass is 223 g/mol. The summed E-state index contributed by atoms with van der Waals surface area (Å²) in [5.74, 6) is 0.0261. The minimum absolute atomic E-state index is 0.118. The van der Waals surface area contributed by atoms with Crippen LogP contribution in [0.1, 0.15) is 37.0 Å². The van der Waals surface area contributed by atoms with E-state index in [0.29, 0.717) is 18.3 Å². The number of hydrogen-bond donors (Lipinski definition) is 1. The minimum atomic E-state index is -1.01. The summed E-state index contributed by atoms with van der Waals surface area (Å²) in [4.78, 5) is 14.6. The summed E-state index contributed by atoms with van der Waals surface area (Å²) in [6, 6.07) is 1.58. The van der Waals surface area contributed by atoms with Gasteiger partial charge in [0.05, 0.1) is 6.61 Å². The maximum Gasteiger partial charge on any atom is 0.341 e. The molecule has 0 amide bonds. The van der Waals surface area contributed by atoms with Gasteiger partial charge in [-0.05, 0) is 24.8 Å².